The van der Waals surface area contributed by atoms with Gasteiger partial charge in [-0.3, -0.25) is 4.98 Å². The number of halogens is 1. The van der Waals surface area contributed by atoms with E-state index < -0.39 is 11.7 Å². The molecule has 0 radical (unpaired) electrons. The minimum atomic E-state index is -1.22. The molecular formula is C5H6ClN3O3. The molecule has 0 fully saturated rings. The highest BCUT2D eigenvalue weighted by Gasteiger charge is 2.07. The zero-order valence-electron chi connectivity index (χ0n) is 5.77. The Morgan fingerprint density at radius 3 is 2.67 bits per heavy atom. The van der Waals surface area contributed by atoms with Crippen LogP contribution >= 0.6 is 12.4 Å². The molecule has 1 aromatic heterocycles. The second-order valence-electron chi connectivity index (χ2n) is 1.82. The fraction of sp³-hybridized carbons (Fsp3) is 0. The van der Waals surface area contributed by atoms with Gasteiger partial charge in [0, 0.05) is 0 Å². The first-order chi connectivity index (χ1) is 5.11. The number of aromatic carboxylic acids is 1. The van der Waals surface area contributed by atoms with Gasteiger partial charge in [0.05, 0.1) is 6.20 Å². The number of carboxylic acids is 1. The molecule has 0 aliphatic carbocycles. The second-order valence-corrected chi connectivity index (χ2v) is 1.82. The van der Waals surface area contributed by atoms with Crippen molar-refractivity contribution in [2.24, 2.45) is 0 Å². The van der Waals surface area contributed by atoms with E-state index in [1.807, 2.05) is 0 Å². The summed E-state index contributed by atoms with van der Waals surface area (Å²) < 4.78 is 0. The molecule has 1 heterocycles. The maximum atomic E-state index is 10.4. The molecule has 1 rings (SSSR count). The average Bonchev–Trinajstić information content (AvgIpc) is 1.85. The minimum Gasteiger partial charge on any atom is -0.478 e. The van der Waals surface area contributed by atoms with Gasteiger partial charge in [-0.2, -0.15) is 0 Å². The smallest absolute Gasteiger partial charge is 0.346 e. The Balaban J connectivity index is 0.00000121. The Labute approximate surface area is 72.8 Å². The van der Waals surface area contributed by atoms with Gasteiger partial charge in [-0.05, 0) is 0 Å². The Bertz CT molecular complexity index is 348. The van der Waals surface area contributed by atoms with Crippen LogP contribution in [-0.2, 0) is 0 Å². The number of aromatic amines is 1. The van der Waals surface area contributed by atoms with Crippen molar-refractivity contribution in [3.8, 4) is 0 Å². The highest BCUT2D eigenvalue weighted by atomic mass is 35.5. The summed E-state index contributed by atoms with van der Waals surface area (Å²) in [5.41, 5.74) is 4.28. The summed E-state index contributed by atoms with van der Waals surface area (Å²) in [6, 6.07) is 0. The van der Waals surface area contributed by atoms with Crippen LogP contribution in [0.3, 0.4) is 0 Å². The molecule has 0 spiro atoms. The van der Waals surface area contributed by atoms with E-state index in [9.17, 15) is 9.59 Å². The van der Waals surface area contributed by atoms with Crippen LogP contribution in [-0.4, -0.2) is 21.0 Å². The maximum Gasteiger partial charge on any atom is 0.346 e. The first-order valence-electron chi connectivity index (χ1n) is 2.69. The average molecular weight is 192 g/mol. The topological polar surface area (TPSA) is 109 Å². The van der Waals surface area contributed by atoms with E-state index in [0.29, 0.717) is 0 Å². The second kappa shape index (κ2) is 3.72. The number of H-pyrrole nitrogens is 1. The summed E-state index contributed by atoms with van der Waals surface area (Å²) in [5, 5.41) is 8.41. The van der Waals surface area contributed by atoms with E-state index in [0.717, 1.165) is 6.20 Å². The van der Waals surface area contributed by atoms with Crippen molar-refractivity contribution >= 4 is 24.2 Å². The largest absolute Gasteiger partial charge is 0.478 e. The molecule has 1 aromatic rings. The van der Waals surface area contributed by atoms with Gasteiger partial charge in [0.25, 0.3) is 0 Å². The van der Waals surface area contributed by atoms with Crippen molar-refractivity contribution in [3.05, 3.63) is 22.2 Å². The standard InChI is InChI=1S/C5H5N3O3.ClH/c6-3-2(4(9)10)1-7-5(11)8-3;/h1H,(H,9,10)(H3,6,7,8,11);1H. The van der Waals surface area contributed by atoms with Crippen molar-refractivity contribution in [2.45, 2.75) is 0 Å². The lowest BCUT2D eigenvalue weighted by Crippen LogP contribution is -2.16. The predicted octanol–water partition coefficient (Wildman–Crippen LogP) is -0.528. The maximum absolute atomic E-state index is 10.4. The van der Waals surface area contributed by atoms with Crippen molar-refractivity contribution < 1.29 is 9.90 Å². The molecule has 7 heteroatoms. The number of nitrogens with zero attached hydrogens (tertiary/aromatic N) is 1. The molecule has 12 heavy (non-hydrogen) atoms. The lowest BCUT2D eigenvalue weighted by atomic mass is 10.3. The Morgan fingerprint density at radius 2 is 2.25 bits per heavy atom. The number of hydrogen-bond donors (Lipinski definition) is 3. The summed E-state index contributed by atoms with van der Waals surface area (Å²) in [5.74, 6) is -1.40. The van der Waals surface area contributed by atoms with Gasteiger partial charge >= 0.3 is 11.7 Å². The number of hydrogen-bond acceptors (Lipinski definition) is 4. The third-order valence-electron chi connectivity index (χ3n) is 1.07. The van der Waals surface area contributed by atoms with E-state index in [2.05, 4.69) is 9.97 Å². The fourth-order valence-corrected chi connectivity index (χ4v) is 0.578. The van der Waals surface area contributed by atoms with Crippen molar-refractivity contribution in [2.75, 3.05) is 5.73 Å². The number of anilines is 1. The summed E-state index contributed by atoms with van der Waals surface area (Å²) in [7, 11) is 0. The van der Waals surface area contributed by atoms with Gasteiger partial charge < -0.3 is 10.8 Å². The number of carbonyl (C=O) groups is 1. The summed E-state index contributed by atoms with van der Waals surface area (Å²) >= 11 is 0. The number of nitrogen functional groups attached to an aromatic ring is 1. The first kappa shape index (κ1) is 10.4. The number of carboxylic acid groups (broad SMARTS) is 1. The third-order valence-corrected chi connectivity index (χ3v) is 1.07. The molecule has 0 amide bonds. The molecular weight excluding hydrogens is 186 g/mol. The predicted molar refractivity (Wildman–Crippen MR) is 43.5 cm³/mol. The zero-order chi connectivity index (χ0) is 8.43. The van der Waals surface area contributed by atoms with Gasteiger partial charge in [-0.25, -0.2) is 14.6 Å². The van der Waals surface area contributed by atoms with Crippen molar-refractivity contribution in [3.63, 3.8) is 0 Å². The quantitative estimate of drug-likeness (QED) is 0.553. The number of nitrogens with two attached hydrogens (primary N) is 1. The van der Waals surface area contributed by atoms with E-state index >= 15 is 0 Å². The zero-order valence-corrected chi connectivity index (χ0v) is 6.59. The summed E-state index contributed by atoms with van der Waals surface area (Å²) in [6.45, 7) is 0. The van der Waals surface area contributed by atoms with Crippen LogP contribution in [0, 0.1) is 0 Å². The molecule has 6 nitrogen and oxygen atoms in total. The van der Waals surface area contributed by atoms with Gasteiger partial charge in [0.1, 0.15) is 11.4 Å². The van der Waals surface area contributed by atoms with Crippen molar-refractivity contribution in [1.82, 2.24) is 9.97 Å². The Morgan fingerprint density at radius 1 is 1.67 bits per heavy atom. The summed E-state index contributed by atoms with van der Waals surface area (Å²) in [6.07, 6.45) is 0.913. The van der Waals surface area contributed by atoms with Gasteiger partial charge in [-0.1, -0.05) is 0 Å². The lowest BCUT2D eigenvalue weighted by Gasteiger charge is -1.95. The van der Waals surface area contributed by atoms with E-state index in [-0.39, 0.29) is 23.8 Å². The molecule has 0 aromatic carbocycles. The van der Waals surface area contributed by atoms with Crippen LogP contribution in [0.1, 0.15) is 10.4 Å². The molecule has 66 valence electrons. The monoisotopic (exact) mass is 191 g/mol. The van der Waals surface area contributed by atoms with Gasteiger partial charge in [0.2, 0.25) is 0 Å². The van der Waals surface area contributed by atoms with Crippen LogP contribution in [0.2, 0.25) is 0 Å². The van der Waals surface area contributed by atoms with Crippen LogP contribution in [0.25, 0.3) is 0 Å². The SMILES string of the molecule is Cl.Nc1[nH]c(=O)ncc1C(=O)O. The minimum absolute atomic E-state index is 0. The van der Waals surface area contributed by atoms with Gasteiger partial charge in [-0.15, -0.1) is 12.4 Å². The summed E-state index contributed by atoms with van der Waals surface area (Å²) in [4.78, 5) is 26.0. The van der Waals surface area contributed by atoms with Crippen LogP contribution < -0.4 is 11.4 Å². The highest BCUT2D eigenvalue weighted by molar-refractivity contribution is 5.91. The Hall–Kier alpha value is -1.56. The van der Waals surface area contributed by atoms with E-state index in [1.54, 1.807) is 0 Å². The lowest BCUT2D eigenvalue weighted by molar-refractivity contribution is 0.0697. The Kier molecular flexibility index (Phi) is 3.24. The van der Waals surface area contributed by atoms with Gasteiger partial charge in [0.15, 0.2) is 0 Å². The highest BCUT2D eigenvalue weighted by Crippen LogP contribution is 2.01. The molecule has 0 atom stereocenters. The molecule has 0 bridgehead atoms. The fourth-order valence-electron chi connectivity index (χ4n) is 0.578. The number of rotatable bonds is 1. The van der Waals surface area contributed by atoms with Crippen LogP contribution in [0.5, 0.6) is 0 Å². The van der Waals surface area contributed by atoms with Crippen LogP contribution in [0.4, 0.5) is 5.82 Å². The van der Waals surface area contributed by atoms with Crippen molar-refractivity contribution in [1.29, 1.82) is 0 Å². The number of aromatic nitrogens is 2. The van der Waals surface area contributed by atoms with Crippen LogP contribution in [0.15, 0.2) is 11.0 Å². The molecule has 0 saturated heterocycles. The van der Waals surface area contributed by atoms with E-state index in [1.165, 1.54) is 0 Å². The van der Waals surface area contributed by atoms with E-state index in [4.69, 9.17) is 10.8 Å². The third kappa shape index (κ3) is 1.96. The molecule has 0 aliphatic rings. The molecule has 0 aliphatic heterocycles. The molecule has 4 N–H and O–H groups in total. The first-order valence-corrected chi connectivity index (χ1v) is 2.69. The molecule has 0 saturated carbocycles. The number of nitrogens with one attached hydrogen (secondary N) is 1. The normalized spacial score (nSPS) is 8.67. The molecule has 0 unspecified atom stereocenters.